The molecular weight excluding hydrogens is 333 g/mol. The van der Waals surface area contributed by atoms with Crippen molar-refractivity contribution in [3.8, 4) is 5.69 Å². The van der Waals surface area contributed by atoms with Gasteiger partial charge in [-0.2, -0.15) is 23.1 Å². The van der Waals surface area contributed by atoms with Gasteiger partial charge in [0.15, 0.2) is 5.69 Å². The number of hydrogen-bond acceptors (Lipinski definition) is 3. The first-order valence-corrected chi connectivity index (χ1v) is 8.13. The highest BCUT2D eigenvalue weighted by Crippen LogP contribution is 2.36. The highest BCUT2D eigenvalue weighted by atomic mass is 19.4. The van der Waals surface area contributed by atoms with Crippen LogP contribution in [0.1, 0.15) is 35.9 Å². The second-order valence-corrected chi connectivity index (χ2v) is 6.39. The van der Waals surface area contributed by atoms with Crippen LogP contribution in [0.3, 0.4) is 0 Å². The maximum absolute atomic E-state index is 13.0. The fourth-order valence-corrected chi connectivity index (χ4v) is 2.82. The number of alkyl halides is 3. The molecule has 0 N–H and O–H groups in total. The molecule has 1 aromatic carbocycles. The molecule has 134 valence electrons. The third-order valence-corrected chi connectivity index (χ3v) is 4.38. The van der Waals surface area contributed by atoms with Gasteiger partial charge >= 0.3 is 6.18 Å². The van der Waals surface area contributed by atoms with Crippen molar-refractivity contribution in [3.63, 3.8) is 0 Å². The molecule has 1 saturated carbocycles. The Labute approximate surface area is 143 Å². The van der Waals surface area contributed by atoms with Crippen molar-refractivity contribution in [2.24, 2.45) is 5.92 Å². The molecule has 1 amide bonds. The highest BCUT2D eigenvalue weighted by Gasteiger charge is 2.41. The van der Waals surface area contributed by atoms with E-state index in [4.69, 9.17) is 0 Å². The van der Waals surface area contributed by atoms with Crippen LogP contribution >= 0.6 is 0 Å². The third kappa shape index (κ3) is 4.00. The summed E-state index contributed by atoms with van der Waals surface area (Å²) in [6.07, 6.45) is -2.76. The highest BCUT2D eigenvalue weighted by molar-refractivity contribution is 5.93. The summed E-state index contributed by atoms with van der Waals surface area (Å²) in [5.41, 5.74) is 0.909. The first kappa shape index (κ1) is 17.4. The van der Waals surface area contributed by atoms with E-state index in [-0.39, 0.29) is 11.6 Å². The fourth-order valence-electron chi connectivity index (χ4n) is 2.82. The molecule has 8 heteroatoms. The number of amides is 1. The summed E-state index contributed by atoms with van der Waals surface area (Å²) in [7, 11) is 0. The van der Waals surface area contributed by atoms with E-state index in [0.717, 1.165) is 17.7 Å². The van der Waals surface area contributed by atoms with E-state index in [1.165, 1.54) is 4.80 Å². The van der Waals surface area contributed by atoms with Crippen LogP contribution < -0.4 is 0 Å². The Morgan fingerprint density at radius 1 is 1.28 bits per heavy atom. The molecule has 5 nitrogen and oxygen atoms in total. The molecule has 1 aliphatic rings. The SMILES string of the molecule is Cc1nn(-c2ccccc2)nc1C(=O)N(CC(F)(F)F)C(C)C1CC1. The molecule has 0 spiro atoms. The molecule has 0 bridgehead atoms. The lowest BCUT2D eigenvalue weighted by atomic mass is 10.1. The number of aromatic nitrogens is 3. The Bertz CT molecular complexity index is 753. The first-order chi connectivity index (χ1) is 11.8. The number of para-hydroxylation sites is 1. The monoisotopic (exact) mass is 352 g/mol. The summed E-state index contributed by atoms with van der Waals surface area (Å²) >= 11 is 0. The number of carbonyl (C=O) groups excluding carboxylic acids is 1. The molecule has 0 aliphatic heterocycles. The van der Waals surface area contributed by atoms with Gasteiger partial charge in [0.05, 0.1) is 11.4 Å². The van der Waals surface area contributed by atoms with E-state index >= 15 is 0 Å². The first-order valence-electron chi connectivity index (χ1n) is 8.13. The minimum atomic E-state index is -4.46. The summed E-state index contributed by atoms with van der Waals surface area (Å²) in [4.78, 5) is 14.9. The van der Waals surface area contributed by atoms with Crippen molar-refractivity contribution in [2.45, 2.75) is 38.9 Å². The van der Waals surface area contributed by atoms with Gasteiger partial charge in [-0.3, -0.25) is 4.79 Å². The summed E-state index contributed by atoms with van der Waals surface area (Å²) < 4.78 is 38.9. The molecule has 1 heterocycles. The molecule has 0 radical (unpaired) electrons. The number of benzene rings is 1. The Balaban J connectivity index is 1.90. The van der Waals surface area contributed by atoms with Gasteiger partial charge in [-0.1, -0.05) is 18.2 Å². The summed E-state index contributed by atoms with van der Waals surface area (Å²) in [5.74, 6) is -0.604. The molecule has 1 fully saturated rings. The van der Waals surface area contributed by atoms with Gasteiger partial charge < -0.3 is 4.90 Å². The normalized spacial score (nSPS) is 15.9. The van der Waals surface area contributed by atoms with Gasteiger partial charge in [0.25, 0.3) is 5.91 Å². The Morgan fingerprint density at radius 3 is 2.48 bits per heavy atom. The largest absolute Gasteiger partial charge is 0.406 e. The summed E-state index contributed by atoms with van der Waals surface area (Å²) in [6.45, 7) is 1.96. The van der Waals surface area contributed by atoms with Gasteiger partial charge in [-0.25, -0.2) is 0 Å². The zero-order chi connectivity index (χ0) is 18.2. The summed E-state index contributed by atoms with van der Waals surface area (Å²) in [5, 5.41) is 8.32. The molecule has 0 saturated heterocycles. The van der Waals surface area contributed by atoms with E-state index in [0.29, 0.717) is 11.4 Å². The lowest BCUT2D eigenvalue weighted by Crippen LogP contribution is -2.45. The van der Waals surface area contributed by atoms with Crippen LogP contribution in [0, 0.1) is 12.8 Å². The van der Waals surface area contributed by atoms with E-state index in [2.05, 4.69) is 10.2 Å². The molecule has 1 atom stereocenters. The minimum Gasteiger partial charge on any atom is -0.325 e. The maximum atomic E-state index is 13.0. The van der Waals surface area contributed by atoms with Crippen LogP contribution in [-0.2, 0) is 0 Å². The molecule has 1 aromatic heterocycles. The van der Waals surface area contributed by atoms with Crippen molar-refractivity contribution in [1.29, 1.82) is 0 Å². The smallest absolute Gasteiger partial charge is 0.325 e. The number of aryl methyl sites for hydroxylation is 1. The van der Waals surface area contributed by atoms with Gasteiger partial charge in [0.2, 0.25) is 0 Å². The number of rotatable bonds is 5. The van der Waals surface area contributed by atoms with E-state index in [1.807, 2.05) is 6.07 Å². The van der Waals surface area contributed by atoms with Crippen LogP contribution in [0.4, 0.5) is 13.2 Å². The molecule has 1 aliphatic carbocycles. The van der Waals surface area contributed by atoms with Crippen LogP contribution in [0.25, 0.3) is 5.69 Å². The van der Waals surface area contributed by atoms with Crippen molar-refractivity contribution < 1.29 is 18.0 Å². The lowest BCUT2D eigenvalue weighted by molar-refractivity contribution is -0.144. The topological polar surface area (TPSA) is 51.0 Å². The van der Waals surface area contributed by atoms with E-state index in [1.54, 1.807) is 38.1 Å². The van der Waals surface area contributed by atoms with Crippen molar-refractivity contribution >= 4 is 5.91 Å². The van der Waals surface area contributed by atoms with Gasteiger partial charge in [-0.05, 0) is 44.7 Å². The van der Waals surface area contributed by atoms with Crippen molar-refractivity contribution in [2.75, 3.05) is 6.54 Å². The second kappa shape index (κ2) is 6.50. The van der Waals surface area contributed by atoms with Gasteiger partial charge in [-0.15, -0.1) is 5.10 Å². The predicted molar refractivity (Wildman–Crippen MR) is 85.4 cm³/mol. The molecule has 1 unspecified atom stereocenters. The van der Waals surface area contributed by atoms with Crippen LogP contribution in [0.5, 0.6) is 0 Å². The molecular formula is C17H19F3N4O. The van der Waals surface area contributed by atoms with Gasteiger partial charge in [0.1, 0.15) is 6.54 Å². The van der Waals surface area contributed by atoms with E-state index in [9.17, 15) is 18.0 Å². The lowest BCUT2D eigenvalue weighted by Gasteiger charge is -2.29. The number of hydrogen-bond donors (Lipinski definition) is 0. The maximum Gasteiger partial charge on any atom is 0.406 e. The average molecular weight is 352 g/mol. The van der Waals surface area contributed by atoms with Crippen LogP contribution in [0.15, 0.2) is 30.3 Å². The fraction of sp³-hybridized carbons (Fsp3) is 0.471. The van der Waals surface area contributed by atoms with Crippen LogP contribution in [0.2, 0.25) is 0 Å². The van der Waals surface area contributed by atoms with Crippen molar-refractivity contribution in [1.82, 2.24) is 19.9 Å². The van der Waals surface area contributed by atoms with E-state index < -0.39 is 24.7 Å². The summed E-state index contributed by atoms with van der Waals surface area (Å²) in [6, 6.07) is 8.45. The number of nitrogens with zero attached hydrogens (tertiary/aromatic N) is 4. The number of halogens is 3. The Hall–Kier alpha value is -2.38. The standard InChI is InChI=1S/C17H19F3N4O/c1-11-15(22-24(21-11)14-6-4-3-5-7-14)16(25)23(10-17(18,19)20)12(2)13-8-9-13/h3-7,12-13H,8-10H2,1-2H3. The van der Waals surface area contributed by atoms with Crippen molar-refractivity contribution in [3.05, 3.63) is 41.7 Å². The molecule has 2 aromatic rings. The zero-order valence-electron chi connectivity index (χ0n) is 14.0. The predicted octanol–water partition coefficient (Wildman–Crippen LogP) is 3.38. The quantitative estimate of drug-likeness (QED) is 0.829. The third-order valence-electron chi connectivity index (χ3n) is 4.38. The Kier molecular flexibility index (Phi) is 4.53. The average Bonchev–Trinajstić information content (AvgIpc) is 3.34. The van der Waals surface area contributed by atoms with Crippen LogP contribution in [-0.4, -0.2) is 44.6 Å². The molecule has 3 rings (SSSR count). The minimum absolute atomic E-state index is 0.0411. The Morgan fingerprint density at radius 2 is 1.92 bits per heavy atom. The van der Waals surface area contributed by atoms with Gasteiger partial charge in [0, 0.05) is 6.04 Å². The molecule has 25 heavy (non-hydrogen) atoms. The number of carbonyl (C=O) groups is 1. The second-order valence-electron chi connectivity index (χ2n) is 6.39. The zero-order valence-corrected chi connectivity index (χ0v) is 14.0.